The van der Waals surface area contributed by atoms with Gasteiger partial charge in [-0.25, -0.2) is 4.39 Å². The smallest absolute Gasteiger partial charge is 0.173 e. The van der Waals surface area contributed by atoms with E-state index in [0.29, 0.717) is 12.2 Å². The Labute approximate surface area is 104 Å². The molecule has 1 aliphatic heterocycles. The van der Waals surface area contributed by atoms with E-state index in [1.165, 1.54) is 24.3 Å². The van der Waals surface area contributed by atoms with Gasteiger partial charge in [0.05, 0.1) is 5.92 Å². The van der Waals surface area contributed by atoms with Gasteiger partial charge in [-0.15, -0.1) is 0 Å². The number of ketones is 1. The van der Waals surface area contributed by atoms with Crippen molar-refractivity contribution in [3.8, 4) is 5.75 Å². The molecule has 2 nitrogen and oxygen atoms in total. The van der Waals surface area contributed by atoms with Gasteiger partial charge in [0.1, 0.15) is 18.2 Å². The average molecular weight is 242 g/mol. The fraction of sp³-hybridized carbons (Fsp3) is 0.133. The predicted molar refractivity (Wildman–Crippen MR) is 65.4 cm³/mol. The zero-order chi connectivity index (χ0) is 12.5. The van der Waals surface area contributed by atoms with Crippen molar-refractivity contribution < 1.29 is 13.9 Å². The summed E-state index contributed by atoms with van der Waals surface area (Å²) in [6, 6.07) is 13.1. The SMILES string of the molecule is O=C(c1ccc(F)cc1)C1COc2ccccc21. The van der Waals surface area contributed by atoms with Crippen molar-refractivity contribution in [3.05, 3.63) is 65.5 Å². The van der Waals surface area contributed by atoms with Gasteiger partial charge in [-0.1, -0.05) is 18.2 Å². The molecule has 0 spiro atoms. The standard InChI is InChI=1S/C15H11FO2/c16-11-7-5-10(6-8-11)15(17)13-9-18-14-4-2-1-3-12(13)14/h1-8,13H,9H2. The Kier molecular flexibility index (Phi) is 2.59. The molecule has 0 saturated carbocycles. The molecule has 1 unspecified atom stereocenters. The maximum Gasteiger partial charge on any atom is 0.173 e. The second-order valence-corrected chi connectivity index (χ2v) is 4.27. The third-order valence-electron chi connectivity index (χ3n) is 3.15. The van der Waals surface area contributed by atoms with E-state index in [-0.39, 0.29) is 17.5 Å². The molecule has 0 amide bonds. The number of hydrogen-bond donors (Lipinski definition) is 0. The highest BCUT2D eigenvalue weighted by molar-refractivity contribution is 6.01. The minimum Gasteiger partial charge on any atom is -0.492 e. The lowest BCUT2D eigenvalue weighted by Crippen LogP contribution is -2.14. The largest absolute Gasteiger partial charge is 0.492 e. The first-order valence-corrected chi connectivity index (χ1v) is 5.77. The molecule has 18 heavy (non-hydrogen) atoms. The number of Topliss-reactive ketones (excluding diaryl/α,β-unsaturated/α-hetero) is 1. The highest BCUT2D eigenvalue weighted by Gasteiger charge is 2.30. The molecular weight excluding hydrogens is 231 g/mol. The van der Waals surface area contributed by atoms with Crippen LogP contribution in [-0.2, 0) is 0 Å². The van der Waals surface area contributed by atoms with Crippen LogP contribution in [0.25, 0.3) is 0 Å². The molecule has 1 atom stereocenters. The van der Waals surface area contributed by atoms with Crippen LogP contribution in [0.3, 0.4) is 0 Å². The third-order valence-corrected chi connectivity index (χ3v) is 3.15. The highest BCUT2D eigenvalue weighted by atomic mass is 19.1. The number of para-hydroxylation sites is 1. The maximum atomic E-state index is 12.8. The molecule has 0 saturated heterocycles. The van der Waals surface area contributed by atoms with E-state index in [1.807, 2.05) is 24.3 Å². The Morgan fingerprint density at radius 3 is 2.61 bits per heavy atom. The lowest BCUT2D eigenvalue weighted by Gasteiger charge is -2.07. The molecule has 3 heteroatoms. The van der Waals surface area contributed by atoms with Crippen molar-refractivity contribution in [2.24, 2.45) is 0 Å². The van der Waals surface area contributed by atoms with Crippen molar-refractivity contribution in [3.63, 3.8) is 0 Å². The summed E-state index contributed by atoms with van der Waals surface area (Å²) < 4.78 is 18.3. The lowest BCUT2D eigenvalue weighted by atomic mass is 9.92. The first-order chi connectivity index (χ1) is 8.75. The molecule has 1 aliphatic rings. The first kappa shape index (κ1) is 11.0. The van der Waals surface area contributed by atoms with E-state index >= 15 is 0 Å². The van der Waals surface area contributed by atoms with Gasteiger partial charge in [0.15, 0.2) is 5.78 Å². The Morgan fingerprint density at radius 1 is 1.11 bits per heavy atom. The summed E-state index contributed by atoms with van der Waals surface area (Å²) in [6.45, 7) is 0.357. The lowest BCUT2D eigenvalue weighted by molar-refractivity contribution is 0.0947. The van der Waals surface area contributed by atoms with E-state index in [1.54, 1.807) is 0 Å². The van der Waals surface area contributed by atoms with Gasteiger partial charge in [0.2, 0.25) is 0 Å². The topological polar surface area (TPSA) is 26.3 Å². The summed E-state index contributed by atoms with van der Waals surface area (Å²) in [5, 5.41) is 0. The fourth-order valence-corrected chi connectivity index (χ4v) is 2.20. The van der Waals surface area contributed by atoms with Gasteiger partial charge in [-0.3, -0.25) is 4.79 Å². The molecule has 0 N–H and O–H groups in total. The number of carbonyl (C=O) groups excluding carboxylic acids is 1. The van der Waals surface area contributed by atoms with Crippen molar-refractivity contribution in [2.75, 3.05) is 6.61 Å². The summed E-state index contributed by atoms with van der Waals surface area (Å²) in [5.41, 5.74) is 1.42. The summed E-state index contributed by atoms with van der Waals surface area (Å²) in [6.07, 6.45) is 0. The number of hydrogen-bond acceptors (Lipinski definition) is 2. The molecule has 0 aromatic heterocycles. The van der Waals surface area contributed by atoms with Gasteiger partial charge in [-0.2, -0.15) is 0 Å². The molecule has 0 fully saturated rings. The first-order valence-electron chi connectivity index (χ1n) is 5.77. The van der Waals surface area contributed by atoms with Crippen LogP contribution in [-0.4, -0.2) is 12.4 Å². The van der Waals surface area contributed by atoms with Crippen LogP contribution < -0.4 is 4.74 Å². The summed E-state index contributed by atoms with van der Waals surface area (Å²) in [5.74, 6) is 0.110. The number of carbonyl (C=O) groups is 1. The zero-order valence-electron chi connectivity index (χ0n) is 9.60. The van der Waals surface area contributed by atoms with Crippen LogP contribution in [0.15, 0.2) is 48.5 Å². The van der Waals surface area contributed by atoms with E-state index in [9.17, 15) is 9.18 Å². The Balaban J connectivity index is 1.93. The van der Waals surface area contributed by atoms with Gasteiger partial charge in [-0.05, 0) is 30.3 Å². The van der Waals surface area contributed by atoms with Crippen LogP contribution in [0.1, 0.15) is 21.8 Å². The Hall–Kier alpha value is -2.16. The summed E-state index contributed by atoms with van der Waals surface area (Å²) in [7, 11) is 0. The van der Waals surface area contributed by atoms with Crippen LogP contribution in [0.2, 0.25) is 0 Å². The molecule has 2 aromatic rings. The Bertz CT molecular complexity index is 590. The molecule has 3 rings (SSSR count). The molecule has 90 valence electrons. The minimum absolute atomic E-state index is 0.0278. The summed E-state index contributed by atoms with van der Waals surface area (Å²) in [4.78, 5) is 12.3. The third kappa shape index (κ3) is 1.78. The number of halogens is 1. The zero-order valence-corrected chi connectivity index (χ0v) is 9.60. The maximum absolute atomic E-state index is 12.8. The average Bonchev–Trinajstić information content (AvgIpc) is 2.82. The molecule has 0 bridgehead atoms. The van der Waals surface area contributed by atoms with Crippen LogP contribution in [0, 0.1) is 5.82 Å². The number of benzene rings is 2. The second kappa shape index (κ2) is 4.26. The van der Waals surface area contributed by atoms with Crippen molar-refractivity contribution in [1.29, 1.82) is 0 Å². The second-order valence-electron chi connectivity index (χ2n) is 4.27. The quantitative estimate of drug-likeness (QED) is 0.756. The van der Waals surface area contributed by atoms with Crippen molar-refractivity contribution in [2.45, 2.75) is 5.92 Å². The molecule has 0 radical (unpaired) electrons. The van der Waals surface area contributed by atoms with Gasteiger partial charge in [0.25, 0.3) is 0 Å². The van der Waals surface area contributed by atoms with E-state index in [2.05, 4.69) is 0 Å². The van der Waals surface area contributed by atoms with E-state index < -0.39 is 0 Å². The van der Waals surface area contributed by atoms with Crippen LogP contribution in [0.5, 0.6) is 5.75 Å². The number of fused-ring (bicyclic) bond motifs is 1. The highest BCUT2D eigenvalue weighted by Crippen LogP contribution is 2.35. The normalized spacial score (nSPS) is 17.1. The van der Waals surface area contributed by atoms with E-state index in [0.717, 1.165) is 11.3 Å². The minimum atomic E-state index is -0.338. The van der Waals surface area contributed by atoms with Crippen LogP contribution in [0.4, 0.5) is 4.39 Å². The summed E-state index contributed by atoms with van der Waals surface area (Å²) >= 11 is 0. The van der Waals surface area contributed by atoms with Crippen LogP contribution >= 0.6 is 0 Å². The molecular formula is C15H11FO2. The molecule has 0 aliphatic carbocycles. The fourth-order valence-electron chi connectivity index (χ4n) is 2.20. The Morgan fingerprint density at radius 2 is 1.83 bits per heavy atom. The van der Waals surface area contributed by atoms with Gasteiger partial charge < -0.3 is 4.74 Å². The van der Waals surface area contributed by atoms with Gasteiger partial charge in [0, 0.05) is 11.1 Å². The molecule has 2 aromatic carbocycles. The van der Waals surface area contributed by atoms with Gasteiger partial charge >= 0.3 is 0 Å². The number of ether oxygens (including phenoxy) is 1. The van der Waals surface area contributed by atoms with Crippen molar-refractivity contribution in [1.82, 2.24) is 0 Å². The van der Waals surface area contributed by atoms with E-state index in [4.69, 9.17) is 4.74 Å². The monoisotopic (exact) mass is 242 g/mol. The predicted octanol–water partition coefficient (Wildman–Crippen LogP) is 3.18. The van der Waals surface area contributed by atoms with Crippen molar-refractivity contribution >= 4 is 5.78 Å². The molecule has 1 heterocycles. The number of rotatable bonds is 2.